The molecule has 0 bridgehead atoms. The predicted molar refractivity (Wildman–Crippen MR) is 78.3 cm³/mol. The van der Waals surface area contributed by atoms with Crippen molar-refractivity contribution in [1.29, 1.82) is 0 Å². The van der Waals surface area contributed by atoms with Gasteiger partial charge >= 0.3 is 0 Å². The molecule has 6 heteroatoms. The molecule has 0 atom stereocenters. The molecule has 1 N–H and O–H groups in total. The number of nitrogens with zero attached hydrogens (tertiary/aromatic N) is 4. The van der Waals surface area contributed by atoms with Crippen LogP contribution < -0.4 is 0 Å². The molecule has 1 amide bonds. The minimum absolute atomic E-state index is 0.156. The third kappa shape index (κ3) is 3.16. The lowest BCUT2D eigenvalue weighted by atomic mass is 10.1. The van der Waals surface area contributed by atoms with Gasteiger partial charge in [0, 0.05) is 18.7 Å². The molecule has 0 fully saturated rings. The molecule has 6 nitrogen and oxygen atoms in total. The number of hydrogen-bond donors (Lipinski definition) is 1. The lowest BCUT2D eigenvalue weighted by Gasteiger charge is -2.25. The largest absolute Gasteiger partial charge is 0.338 e. The molecule has 1 aliphatic heterocycles. The van der Waals surface area contributed by atoms with Gasteiger partial charge in [0.1, 0.15) is 0 Å². The van der Waals surface area contributed by atoms with Crippen molar-refractivity contribution < 1.29 is 4.79 Å². The topological polar surface area (TPSA) is 74.8 Å². The zero-order valence-electron chi connectivity index (χ0n) is 11.9. The summed E-state index contributed by atoms with van der Waals surface area (Å²) < 4.78 is 0. The number of aromatic nitrogens is 4. The van der Waals surface area contributed by atoms with E-state index in [1.807, 2.05) is 29.2 Å². The molecule has 2 aromatic rings. The molecule has 0 saturated carbocycles. The maximum Gasteiger partial charge on any atom is 0.227 e. The highest BCUT2D eigenvalue weighted by atomic mass is 16.2. The normalized spacial score (nSPS) is 14.9. The first-order valence-electron chi connectivity index (χ1n) is 6.98. The van der Waals surface area contributed by atoms with Crippen LogP contribution in [0.1, 0.15) is 18.9 Å². The van der Waals surface area contributed by atoms with Gasteiger partial charge in [-0.1, -0.05) is 29.8 Å². The van der Waals surface area contributed by atoms with Crippen LogP contribution in [0.4, 0.5) is 0 Å². The molecular weight excluding hydrogens is 266 g/mol. The van der Waals surface area contributed by atoms with Crippen molar-refractivity contribution in [1.82, 2.24) is 25.5 Å². The van der Waals surface area contributed by atoms with Crippen LogP contribution in [0.5, 0.6) is 0 Å². The van der Waals surface area contributed by atoms with Gasteiger partial charge in [-0.15, -0.1) is 10.2 Å². The van der Waals surface area contributed by atoms with E-state index in [0.29, 0.717) is 12.2 Å². The summed E-state index contributed by atoms with van der Waals surface area (Å²) in [6, 6.07) is 7.71. The van der Waals surface area contributed by atoms with E-state index in [9.17, 15) is 4.79 Å². The van der Waals surface area contributed by atoms with Gasteiger partial charge in [-0.3, -0.25) is 4.79 Å². The molecular formula is C15H17N5O. The first kappa shape index (κ1) is 13.5. The van der Waals surface area contributed by atoms with E-state index in [-0.39, 0.29) is 5.91 Å². The Morgan fingerprint density at radius 2 is 2.33 bits per heavy atom. The molecule has 2 heterocycles. The highest BCUT2D eigenvalue weighted by Gasteiger charge is 2.16. The summed E-state index contributed by atoms with van der Waals surface area (Å²) in [5, 5.41) is 13.9. The Kier molecular flexibility index (Phi) is 3.77. The highest BCUT2D eigenvalue weighted by molar-refractivity contribution is 5.79. The molecule has 3 rings (SSSR count). The van der Waals surface area contributed by atoms with Crippen LogP contribution in [0.2, 0.25) is 0 Å². The smallest absolute Gasteiger partial charge is 0.227 e. The molecule has 108 valence electrons. The van der Waals surface area contributed by atoms with Crippen molar-refractivity contribution >= 4 is 5.91 Å². The zero-order chi connectivity index (χ0) is 14.7. The average molecular weight is 283 g/mol. The van der Waals surface area contributed by atoms with Crippen LogP contribution in [0.15, 0.2) is 35.9 Å². The molecule has 1 aliphatic rings. The number of carbonyl (C=O) groups excluding carboxylic acids is 1. The Bertz CT molecular complexity index is 662. The quantitative estimate of drug-likeness (QED) is 0.868. The summed E-state index contributed by atoms with van der Waals surface area (Å²) in [7, 11) is 0. The van der Waals surface area contributed by atoms with Gasteiger partial charge < -0.3 is 4.90 Å². The van der Waals surface area contributed by atoms with Gasteiger partial charge in [0.15, 0.2) is 0 Å². The Hall–Kier alpha value is -2.50. The van der Waals surface area contributed by atoms with Crippen LogP contribution in [0, 0.1) is 0 Å². The predicted octanol–water partition coefficient (Wildman–Crippen LogP) is 1.59. The summed E-state index contributed by atoms with van der Waals surface area (Å²) in [5.41, 5.74) is 3.19. The Morgan fingerprint density at radius 3 is 3.05 bits per heavy atom. The van der Waals surface area contributed by atoms with Crippen LogP contribution in [-0.2, 0) is 11.2 Å². The van der Waals surface area contributed by atoms with Crippen LogP contribution >= 0.6 is 0 Å². The van der Waals surface area contributed by atoms with Crippen molar-refractivity contribution in [3.63, 3.8) is 0 Å². The number of amides is 1. The maximum absolute atomic E-state index is 12.3. The summed E-state index contributed by atoms with van der Waals surface area (Å²) in [5.74, 6) is 0.699. The number of benzene rings is 1. The molecule has 0 spiro atoms. The first-order valence-corrected chi connectivity index (χ1v) is 6.98. The van der Waals surface area contributed by atoms with E-state index in [1.165, 1.54) is 5.57 Å². The second-order valence-electron chi connectivity index (χ2n) is 5.25. The number of H-pyrrole nitrogens is 1. The van der Waals surface area contributed by atoms with Gasteiger partial charge in [0.05, 0.1) is 6.42 Å². The fourth-order valence-corrected chi connectivity index (χ4v) is 2.39. The average Bonchev–Trinajstić information content (AvgIpc) is 3.02. The Morgan fingerprint density at radius 1 is 1.43 bits per heavy atom. The number of tetrazole rings is 1. The third-order valence-electron chi connectivity index (χ3n) is 3.67. The van der Waals surface area contributed by atoms with Gasteiger partial charge in [-0.25, -0.2) is 0 Å². The van der Waals surface area contributed by atoms with Crippen LogP contribution in [-0.4, -0.2) is 44.5 Å². The van der Waals surface area contributed by atoms with E-state index in [0.717, 1.165) is 30.6 Å². The SMILES string of the molecule is CC1=CCN(C(=O)Cc2cccc(-c3nn[nH]n3)c2)CC1. The number of carbonyl (C=O) groups is 1. The number of nitrogens with one attached hydrogen (secondary N) is 1. The van der Waals surface area contributed by atoms with E-state index in [1.54, 1.807) is 0 Å². The van der Waals surface area contributed by atoms with Crippen molar-refractivity contribution in [3.05, 3.63) is 41.5 Å². The number of aromatic amines is 1. The van der Waals surface area contributed by atoms with Crippen molar-refractivity contribution in [3.8, 4) is 11.4 Å². The molecule has 0 radical (unpaired) electrons. The maximum atomic E-state index is 12.3. The summed E-state index contributed by atoms with van der Waals surface area (Å²) in [4.78, 5) is 14.2. The molecule has 1 aromatic heterocycles. The summed E-state index contributed by atoms with van der Waals surface area (Å²) >= 11 is 0. The fraction of sp³-hybridized carbons (Fsp3) is 0.333. The van der Waals surface area contributed by atoms with Crippen molar-refractivity contribution in [2.75, 3.05) is 13.1 Å². The summed E-state index contributed by atoms with van der Waals surface area (Å²) in [6.07, 6.45) is 3.49. The highest BCUT2D eigenvalue weighted by Crippen LogP contribution is 2.17. The number of rotatable bonds is 3. The zero-order valence-corrected chi connectivity index (χ0v) is 11.9. The van der Waals surface area contributed by atoms with Gasteiger partial charge in [-0.05, 0) is 30.2 Å². The Balaban J connectivity index is 1.70. The molecule has 0 aliphatic carbocycles. The second kappa shape index (κ2) is 5.87. The Labute approximate surface area is 122 Å². The van der Waals surface area contributed by atoms with Gasteiger partial charge in [-0.2, -0.15) is 5.21 Å². The van der Waals surface area contributed by atoms with Crippen LogP contribution in [0.3, 0.4) is 0 Å². The second-order valence-corrected chi connectivity index (χ2v) is 5.25. The van der Waals surface area contributed by atoms with E-state index in [2.05, 4.69) is 33.6 Å². The molecule has 0 unspecified atom stereocenters. The molecule has 21 heavy (non-hydrogen) atoms. The van der Waals surface area contributed by atoms with E-state index in [4.69, 9.17) is 0 Å². The van der Waals surface area contributed by atoms with Gasteiger partial charge in [0.2, 0.25) is 11.7 Å². The van der Waals surface area contributed by atoms with Crippen molar-refractivity contribution in [2.24, 2.45) is 0 Å². The lowest BCUT2D eigenvalue weighted by Crippen LogP contribution is -2.35. The monoisotopic (exact) mass is 283 g/mol. The van der Waals surface area contributed by atoms with Crippen LogP contribution in [0.25, 0.3) is 11.4 Å². The van der Waals surface area contributed by atoms with E-state index >= 15 is 0 Å². The molecule has 1 aromatic carbocycles. The van der Waals surface area contributed by atoms with Crippen molar-refractivity contribution in [2.45, 2.75) is 19.8 Å². The van der Waals surface area contributed by atoms with E-state index < -0.39 is 0 Å². The fourth-order valence-electron chi connectivity index (χ4n) is 2.39. The minimum Gasteiger partial charge on any atom is -0.338 e. The molecule has 0 saturated heterocycles. The number of hydrogen-bond acceptors (Lipinski definition) is 4. The first-order chi connectivity index (χ1) is 10.2. The third-order valence-corrected chi connectivity index (χ3v) is 3.67. The lowest BCUT2D eigenvalue weighted by molar-refractivity contribution is -0.130. The van der Waals surface area contributed by atoms with Gasteiger partial charge in [0.25, 0.3) is 0 Å². The minimum atomic E-state index is 0.156. The standard InChI is InChI=1S/C15H17N5O/c1-11-5-7-20(8-6-11)14(21)10-12-3-2-4-13(9-12)15-16-18-19-17-15/h2-5,9H,6-8,10H2,1H3,(H,16,17,18,19). The summed E-state index contributed by atoms with van der Waals surface area (Å²) in [6.45, 7) is 3.64.